The van der Waals surface area contributed by atoms with E-state index >= 15 is 0 Å². The van der Waals surface area contributed by atoms with E-state index in [9.17, 15) is 18.0 Å². The second-order valence-corrected chi connectivity index (χ2v) is 11.0. The lowest BCUT2D eigenvalue weighted by atomic mass is 10.1. The number of rotatable bonds is 13. The average molecular weight is 543 g/mol. The Hall–Kier alpha value is -2.29. The summed E-state index contributed by atoms with van der Waals surface area (Å²) < 4.78 is 26.2. The molecule has 0 saturated carbocycles. The summed E-state index contributed by atoms with van der Waals surface area (Å²) in [6.07, 6.45) is 3.68. The number of anilines is 1. The van der Waals surface area contributed by atoms with Crippen molar-refractivity contribution in [2.24, 2.45) is 0 Å². The standard InChI is InChI=1S/C25H33Cl2N3O4S/c1-4-6-15-28-25(32)22(5-2)29(16-14-19-10-8-7-9-11-19)24(31)18-30(35(3,33)34)23-13-12-20(26)17-21(23)27/h7-13,17,22H,4-6,14-16,18H2,1-3H3,(H,28,32). The molecule has 0 aliphatic carbocycles. The van der Waals surface area contributed by atoms with Crippen molar-refractivity contribution in [3.63, 3.8) is 0 Å². The van der Waals surface area contributed by atoms with Crippen LogP contribution in [0.25, 0.3) is 0 Å². The van der Waals surface area contributed by atoms with Crippen LogP contribution in [0.3, 0.4) is 0 Å². The molecule has 0 aliphatic rings. The molecule has 0 fully saturated rings. The van der Waals surface area contributed by atoms with Gasteiger partial charge in [0.1, 0.15) is 12.6 Å². The first-order chi connectivity index (χ1) is 16.6. The number of nitrogens with one attached hydrogen (secondary N) is 1. The highest BCUT2D eigenvalue weighted by molar-refractivity contribution is 7.92. The van der Waals surface area contributed by atoms with Crippen molar-refractivity contribution in [2.45, 2.75) is 45.6 Å². The molecule has 0 radical (unpaired) electrons. The molecule has 0 heterocycles. The fourth-order valence-corrected chi connectivity index (χ4v) is 5.10. The topological polar surface area (TPSA) is 86.8 Å². The molecular weight excluding hydrogens is 509 g/mol. The molecule has 0 aliphatic heterocycles. The summed E-state index contributed by atoms with van der Waals surface area (Å²) in [6.45, 7) is 4.14. The molecule has 35 heavy (non-hydrogen) atoms. The van der Waals surface area contributed by atoms with Gasteiger partial charge in [0.25, 0.3) is 0 Å². The Labute approximate surface area is 218 Å². The third kappa shape index (κ3) is 8.70. The molecule has 1 N–H and O–H groups in total. The van der Waals surface area contributed by atoms with Gasteiger partial charge >= 0.3 is 0 Å². The summed E-state index contributed by atoms with van der Waals surface area (Å²) in [6, 6.07) is 13.3. The number of sulfonamides is 1. The highest BCUT2D eigenvalue weighted by Crippen LogP contribution is 2.30. The summed E-state index contributed by atoms with van der Waals surface area (Å²) in [4.78, 5) is 28.0. The van der Waals surface area contributed by atoms with Gasteiger partial charge in [0.2, 0.25) is 21.8 Å². The van der Waals surface area contributed by atoms with Crippen LogP contribution >= 0.6 is 23.2 Å². The summed E-state index contributed by atoms with van der Waals surface area (Å²) in [5.41, 5.74) is 1.16. The Morgan fingerprint density at radius 2 is 1.74 bits per heavy atom. The maximum atomic E-state index is 13.6. The Kier molecular flexibility index (Phi) is 11.3. The van der Waals surface area contributed by atoms with E-state index in [0.717, 1.165) is 29.0 Å². The number of carbonyl (C=O) groups is 2. The van der Waals surface area contributed by atoms with Gasteiger partial charge in [-0.1, -0.05) is 73.8 Å². The third-order valence-corrected chi connectivity index (χ3v) is 7.22. The van der Waals surface area contributed by atoms with Crippen molar-refractivity contribution in [2.75, 3.05) is 30.2 Å². The maximum Gasteiger partial charge on any atom is 0.244 e. The fourth-order valence-electron chi connectivity index (χ4n) is 3.68. The number of nitrogens with zero attached hydrogens (tertiary/aromatic N) is 2. The van der Waals surface area contributed by atoms with E-state index in [1.54, 1.807) is 0 Å². The third-order valence-electron chi connectivity index (χ3n) is 5.56. The first-order valence-corrected chi connectivity index (χ1v) is 14.2. The van der Waals surface area contributed by atoms with Crippen molar-refractivity contribution in [3.8, 4) is 0 Å². The maximum absolute atomic E-state index is 13.6. The quantitative estimate of drug-likeness (QED) is 0.377. The molecule has 0 bridgehead atoms. The van der Waals surface area contributed by atoms with Gasteiger partial charge in [-0.2, -0.15) is 0 Å². The van der Waals surface area contributed by atoms with Crippen molar-refractivity contribution in [1.82, 2.24) is 10.2 Å². The van der Waals surface area contributed by atoms with E-state index in [1.807, 2.05) is 44.2 Å². The SMILES string of the molecule is CCCCNC(=O)C(CC)N(CCc1ccccc1)C(=O)CN(c1ccc(Cl)cc1Cl)S(C)(=O)=O. The van der Waals surface area contributed by atoms with Crippen LogP contribution in [0.1, 0.15) is 38.7 Å². The number of benzene rings is 2. The molecule has 2 aromatic carbocycles. The molecule has 10 heteroatoms. The Morgan fingerprint density at radius 3 is 2.31 bits per heavy atom. The molecule has 192 valence electrons. The number of hydrogen-bond acceptors (Lipinski definition) is 4. The largest absolute Gasteiger partial charge is 0.354 e. The van der Waals surface area contributed by atoms with Crippen molar-refractivity contribution in [3.05, 3.63) is 64.1 Å². The van der Waals surface area contributed by atoms with Crippen LogP contribution in [0.15, 0.2) is 48.5 Å². The van der Waals surface area contributed by atoms with E-state index in [-0.39, 0.29) is 23.2 Å². The molecule has 7 nitrogen and oxygen atoms in total. The monoisotopic (exact) mass is 541 g/mol. The molecule has 2 aromatic rings. The minimum absolute atomic E-state index is 0.107. The lowest BCUT2D eigenvalue weighted by Crippen LogP contribution is -2.53. The van der Waals surface area contributed by atoms with Gasteiger partial charge in [0, 0.05) is 18.1 Å². The molecule has 2 rings (SSSR count). The van der Waals surface area contributed by atoms with Gasteiger partial charge in [-0.05, 0) is 43.0 Å². The van der Waals surface area contributed by atoms with Gasteiger partial charge in [-0.15, -0.1) is 0 Å². The fraction of sp³-hybridized carbons (Fsp3) is 0.440. The molecule has 2 amide bonds. The minimum atomic E-state index is -3.86. The number of amides is 2. The number of hydrogen-bond donors (Lipinski definition) is 1. The number of unbranched alkanes of at least 4 members (excludes halogenated alkanes) is 1. The van der Waals surface area contributed by atoms with Gasteiger partial charge in [0.05, 0.1) is 17.0 Å². The summed E-state index contributed by atoms with van der Waals surface area (Å²) in [7, 11) is -3.86. The highest BCUT2D eigenvalue weighted by atomic mass is 35.5. The second kappa shape index (κ2) is 13.7. The number of halogens is 2. The highest BCUT2D eigenvalue weighted by Gasteiger charge is 2.31. The molecule has 0 spiro atoms. The van der Waals surface area contributed by atoms with Gasteiger partial charge in [0.15, 0.2) is 0 Å². The van der Waals surface area contributed by atoms with E-state index in [1.165, 1.54) is 23.1 Å². The van der Waals surface area contributed by atoms with Crippen molar-refractivity contribution in [1.29, 1.82) is 0 Å². The van der Waals surface area contributed by atoms with Crippen LogP contribution in [-0.4, -0.2) is 57.1 Å². The zero-order valence-corrected chi connectivity index (χ0v) is 22.7. The van der Waals surface area contributed by atoms with Crippen LogP contribution in [0, 0.1) is 0 Å². The Morgan fingerprint density at radius 1 is 1.06 bits per heavy atom. The summed E-state index contributed by atoms with van der Waals surface area (Å²) in [5.74, 6) is -0.743. The van der Waals surface area contributed by atoms with Crippen LogP contribution in [-0.2, 0) is 26.0 Å². The van der Waals surface area contributed by atoms with Gasteiger partial charge in [-0.3, -0.25) is 13.9 Å². The smallest absolute Gasteiger partial charge is 0.244 e. The van der Waals surface area contributed by atoms with Crippen LogP contribution in [0.2, 0.25) is 10.0 Å². The van der Waals surface area contributed by atoms with E-state index in [2.05, 4.69) is 5.32 Å². The Balaban J connectivity index is 2.35. The first-order valence-electron chi connectivity index (χ1n) is 11.6. The molecular formula is C25H33Cl2N3O4S. The van der Waals surface area contributed by atoms with Gasteiger partial charge < -0.3 is 10.2 Å². The van der Waals surface area contributed by atoms with Crippen LogP contribution in [0.5, 0.6) is 0 Å². The first kappa shape index (κ1) is 28.9. The molecule has 0 aromatic heterocycles. The lowest BCUT2D eigenvalue weighted by Gasteiger charge is -2.33. The average Bonchev–Trinajstić information content (AvgIpc) is 2.80. The van der Waals surface area contributed by atoms with Crippen LogP contribution < -0.4 is 9.62 Å². The normalized spacial score (nSPS) is 12.1. The van der Waals surface area contributed by atoms with Crippen molar-refractivity contribution < 1.29 is 18.0 Å². The lowest BCUT2D eigenvalue weighted by molar-refractivity contribution is -0.139. The van der Waals surface area contributed by atoms with Crippen LogP contribution in [0.4, 0.5) is 5.69 Å². The van der Waals surface area contributed by atoms with E-state index < -0.39 is 28.5 Å². The molecule has 1 atom stereocenters. The predicted molar refractivity (Wildman–Crippen MR) is 143 cm³/mol. The predicted octanol–water partition coefficient (Wildman–Crippen LogP) is 4.53. The zero-order valence-electron chi connectivity index (χ0n) is 20.3. The number of carbonyl (C=O) groups excluding carboxylic acids is 2. The zero-order chi connectivity index (χ0) is 26.0. The molecule has 1 unspecified atom stereocenters. The summed E-state index contributed by atoms with van der Waals surface area (Å²) >= 11 is 12.2. The Bertz CT molecular complexity index is 1100. The van der Waals surface area contributed by atoms with E-state index in [0.29, 0.717) is 24.4 Å². The summed E-state index contributed by atoms with van der Waals surface area (Å²) in [5, 5.41) is 3.35. The van der Waals surface area contributed by atoms with Gasteiger partial charge in [-0.25, -0.2) is 8.42 Å². The molecule has 0 saturated heterocycles. The minimum Gasteiger partial charge on any atom is -0.354 e. The van der Waals surface area contributed by atoms with E-state index in [4.69, 9.17) is 23.2 Å². The second-order valence-electron chi connectivity index (χ2n) is 8.26. The van der Waals surface area contributed by atoms with Crippen molar-refractivity contribution >= 4 is 50.7 Å².